The summed E-state index contributed by atoms with van der Waals surface area (Å²) in [5, 5.41) is 0.474. The lowest BCUT2D eigenvalue weighted by atomic mass is 9.74. The summed E-state index contributed by atoms with van der Waals surface area (Å²) in [5.41, 5.74) is 0.766. The van der Waals surface area contributed by atoms with Gasteiger partial charge in [-0.05, 0) is 17.3 Å². The average molecular weight is 174 g/mol. The first-order chi connectivity index (χ1) is 4.65. The maximum atomic E-state index is 4.49. The van der Waals surface area contributed by atoms with Crippen molar-refractivity contribution in [3.63, 3.8) is 0 Å². The molecule has 0 N–H and O–H groups in total. The Hall–Kier alpha value is 0.350. The van der Waals surface area contributed by atoms with Gasteiger partial charge in [0.2, 0.25) is 0 Å². The Labute approximate surface area is 77.2 Å². The summed E-state index contributed by atoms with van der Waals surface area (Å²) >= 11 is 4.49. The monoisotopic (exact) mass is 174 g/mol. The fourth-order valence-electron chi connectivity index (χ4n) is 1.51. The van der Waals surface area contributed by atoms with Crippen LogP contribution in [0.5, 0.6) is 0 Å². The van der Waals surface area contributed by atoms with Crippen LogP contribution < -0.4 is 0 Å². The number of hydrogen-bond acceptors (Lipinski definition) is 1. The molecule has 0 radical (unpaired) electrons. The van der Waals surface area contributed by atoms with Crippen LogP contribution in [0.2, 0.25) is 0 Å². The Morgan fingerprint density at radius 2 is 1.45 bits per heavy atom. The second kappa shape index (κ2) is 3.38. The molecule has 0 aliphatic rings. The van der Waals surface area contributed by atoms with Gasteiger partial charge < -0.3 is 0 Å². The molecule has 0 aliphatic heterocycles. The third kappa shape index (κ3) is 4.73. The van der Waals surface area contributed by atoms with Crippen molar-refractivity contribution in [3.8, 4) is 0 Å². The van der Waals surface area contributed by atoms with Crippen LogP contribution in [0.4, 0.5) is 0 Å². The highest BCUT2D eigenvalue weighted by Gasteiger charge is 2.28. The van der Waals surface area contributed by atoms with Gasteiger partial charge in [0.05, 0.1) is 0 Å². The minimum Gasteiger partial charge on any atom is -0.176 e. The number of thiol groups is 1. The van der Waals surface area contributed by atoms with Crippen LogP contribution in [0.15, 0.2) is 0 Å². The van der Waals surface area contributed by atoms with Crippen molar-refractivity contribution in [2.24, 2.45) is 10.8 Å². The smallest absolute Gasteiger partial charge is 0.00398 e. The van der Waals surface area contributed by atoms with Crippen LogP contribution in [-0.2, 0) is 0 Å². The zero-order chi connectivity index (χ0) is 9.28. The molecule has 0 rings (SSSR count). The fraction of sp³-hybridized carbons (Fsp3) is 1.00. The molecule has 11 heavy (non-hydrogen) atoms. The summed E-state index contributed by atoms with van der Waals surface area (Å²) in [5.74, 6) is 0. The zero-order valence-electron chi connectivity index (χ0n) is 8.73. The first kappa shape index (κ1) is 11.4. The highest BCUT2D eigenvalue weighted by molar-refractivity contribution is 7.81. The van der Waals surface area contributed by atoms with Gasteiger partial charge in [0.25, 0.3) is 0 Å². The van der Waals surface area contributed by atoms with Crippen molar-refractivity contribution in [1.82, 2.24) is 0 Å². The van der Waals surface area contributed by atoms with E-state index in [1.807, 2.05) is 0 Å². The molecular weight excluding hydrogens is 152 g/mol. The van der Waals surface area contributed by atoms with Gasteiger partial charge in [-0.3, -0.25) is 0 Å². The lowest BCUT2D eigenvalue weighted by Crippen LogP contribution is -2.27. The van der Waals surface area contributed by atoms with Gasteiger partial charge in [-0.1, -0.05) is 41.5 Å². The fourth-order valence-corrected chi connectivity index (χ4v) is 1.61. The van der Waals surface area contributed by atoms with E-state index in [0.29, 0.717) is 16.1 Å². The van der Waals surface area contributed by atoms with Crippen LogP contribution >= 0.6 is 12.6 Å². The number of hydrogen-bond donors (Lipinski definition) is 1. The Bertz CT molecular complexity index is 117. The van der Waals surface area contributed by atoms with E-state index < -0.39 is 0 Å². The molecule has 1 atom stereocenters. The third-order valence-corrected chi connectivity index (χ3v) is 2.82. The molecule has 1 heteroatoms. The Morgan fingerprint density at radius 1 is 1.09 bits per heavy atom. The molecule has 0 fully saturated rings. The summed E-state index contributed by atoms with van der Waals surface area (Å²) in [7, 11) is 0. The van der Waals surface area contributed by atoms with Crippen LogP contribution in [0.1, 0.15) is 48.0 Å². The molecule has 0 aliphatic carbocycles. The molecule has 0 nitrogen and oxygen atoms in total. The van der Waals surface area contributed by atoms with E-state index in [-0.39, 0.29) is 0 Å². The van der Waals surface area contributed by atoms with E-state index in [9.17, 15) is 0 Å². The summed E-state index contributed by atoms with van der Waals surface area (Å²) in [6.45, 7) is 13.6. The maximum absolute atomic E-state index is 4.49. The highest BCUT2D eigenvalue weighted by atomic mass is 32.1. The van der Waals surface area contributed by atoms with Gasteiger partial charge in [-0.25, -0.2) is 0 Å². The van der Waals surface area contributed by atoms with Gasteiger partial charge in [-0.2, -0.15) is 12.6 Å². The molecule has 0 aromatic carbocycles. The molecule has 0 heterocycles. The van der Waals surface area contributed by atoms with Gasteiger partial charge in [0.15, 0.2) is 0 Å². The van der Waals surface area contributed by atoms with E-state index in [1.54, 1.807) is 0 Å². The van der Waals surface area contributed by atoms with Crippen LogP contribution in [0, 0.1) is 10.8 Å². The maximum Gasteiger partial charge on any atom is 0.00398 e. The molecule has 0 aromatic heterocycles. The van der Waals surface area contributed by atoms with E-state index in [0.717, 1.165) is 0 Å². The first-order valence-electron chi connectivity index (χ1n) is 4.33. The summed E-state index contributed by atoms with van der Waals surface area (Å²) in [4.78, 5) is 0. The molecule has 0 saturated heterocycles. The van der Waals surface area contributed by atoms with Crippen LogP contribution in [0.25, 0.3) is 0 Å². The molecule has 0 bridgehead atoms. The average Bonchev–Trinajstić information content (AvgIpc) is 1.56. The van der Waals surface area contributed by atoms with E-state index >= 15 is 0 Å². The van der Waals surface area contributed by atoms with Crippen molar-refractivity contribution in [3.05, 3.63) is 0 Å². The SMILES string of the molecule is CC(S)C(C)(C)CC(C)(C)C. The van der Waals surface area contributed by atoms with Crippen molar-refractivity contribution >= 4 is 12.6 Å². The van der Waals surface area contributed by atoms with Crippen molar-refractivity contribution in [2.75, 3.05) is 0 Å². The van der Waals surface area contributed by atoms with Crippen LogP contribution in [-0.4, -0.2) is 5.25 Å². The molecule has 68 valence electrons. The Morgan fingerprint density at radius 3 is 1.55 bits per heavy atom. The zero-order valence-corrected chi connectivity index (χ0v) is 9.63. The lowest BCUT2D eigenvalue weighted by Gasteiger charge is -2.35. The lowest BCUT2D eigenvalue weighted by molar-refractivity contribution is 0.213. The van der Waals surface area contributed by atoms with E-state index in [1.165, 1.54) is 6.42 Å². The van der Waals surface area contributed by atoms with Gasteiger partial charge in [0, 0.05) is 5.25 Å². The molecule has 0 saturated carbocycles. The molecule has 0 aromatic rings. The topological polar surface area (TPSA) is 0 Å². The predicted octanol–water partition coefficient (Wildman–Crippen LogP) is 3.77. The standard InChI is InChI=1S/C10H22S/c1-8(11)10(5,6)7-9(2,3)4/h8,11H,7H2,1-6H3. The Kier molecular flexibility index (Phi) is 3.49. The second-order valence-corrected chi connectivity index (χ2v) is 6.18. The Balaban J connectivity index is 4.13. The van der Waals surface area contributed by atoms with Gasteiger partial charge in [0.1, 0.15) is 0 Å². The molecule has 0 spiro atoms. The summed E-state index contributed by atoms with van der Waals surface area (Å²) in [6, 6.07) is 0. The second-order valence-electron chi connectivity index (χ2n) is 5.40. The first-order valence-corrected chi connectivity index (χ1v) is 4.85. The molecule has 1 unspecified atom stereocenters. The highest BCUT2D eigenvalue weighted by Crippen LogP contribution is 2.37. The van der Waals surface area contributed by atoms with Crippen molar-refractivity contribution in [1.29, 1.82) is 0 Å². The van der Waals surface area contributed by atoms with Crippen molar-refractivity contribution < 1.29 is 0 Å². The number of rotatable bonds is 2. The normalized spacial score (nSPS) is 16.6. The summed E-state index contributed by atoms with van der Waals surface area (Å²) in [6.07, 6.45) is 1.23. The predicted molar refractivity (Wildman–Crippen MR) is 56.3 cm³/mol. The van der Waals surface area contributed by atoms with E-state index in [2.05, 4.69) is 54.2 Å². The largest absolute Gasteiger partial charge is 0.176 e. The van der Waals surface area contributed by atoms with Gasteiger partial charge >= 0.3 is 0 Å². The van der Waals surface area contributed by atoms with Crippen LogP contribution in [0.3, 0.4) is 0 Å². The summed E-state index contributed by atoms with van der Waals surface area (Å²) < 4.78 is 0. The van der Waals surface area contributed by atoms with Crippen molar-refractivity contribution in [2.45, 2.75) is 53.2 Å². The molecular formula is C10H22S. The minimum absolute atomic E-state index is 0.349. The molecule has 0 amide bonds. The van der Waals surface area contributed by atoms with Gasteiger partial charge in [-0.15, -0.1) is 0 Å². The minimum atomic E-state index is 0.349. The quantitative estimate of drug-likeness (QED) is 0.605. The third-order valence-electron chi connectivity index (χ3n) is 2.12. The van der Waals surface area contributed by atoms with E-state index in [4.69, 9.17) is 0 Å².